The molecule has 2 aliphatic carbocycles. The van der Waals surface area contributed by atoms with Gasteiger partial charge in [0.2, 0.25) is 0 Å². The molecule has 43 heavy (non-hydrogen) atoms. The number of aliphatic hydroxyl groups is 1. The number of hydrogen-bond donors (Lipinski definition) is 3. The van der Waals surface area contributed by atoms with Crippen molar-refractivity contribution >= 4 is 23.1 Å². The Morgan fingerprint density at radius 2 is 1.91 bits per heavy atom. The largest absolute Gasteiger partial charge is 0.461 e. The highest BCUT2D eigenvalue weighted by Crippen LogP contribution is 2.76. The van der Waals surface area contributed by atoms with Gasteiger partial charge in [-0.05, 0) is 94.7 Å². The Labute approximate surface area is 250 Å². The van der Waals surface area contributed by atoms with Crippen molar-refractivity contribution < 1.29 is 19.0 Å². The summed E-state index contributed by atoms with van der Waals surface area (Å²) < 4.78 is 22.3. The molecule has 0 radical (unpaired) electrons. The van der Waals surface area contributed by atoms with Gasteiger partial charge in [-0.1, -0.05) is 0 Å². The number of carbonyl (C=O) groups excluding carboxylic acids is 1. The minimum absolute atomic E-state index is 0.0527. The topological polar surface area (TPSA) is 106 Å². The van der Waals surface area contributed by atoms with E-state index < -0.39 is 0 Å². The van der Waals surface area contributed by atoms with Gasteiger partial charge in [-0.15, -0.1) is 0 Å². The van der Waals surface area contributed by atoms with Gasteiger partial charge in [0.15, 0.2) is 0 Å². The quantitative estimate of drug-likeness (QED) is 0.464. The number of hydrazine groups is 1. The van der Waals surface area contributed by atoms with Crippen LogP contribution in [0.2, 0.25) is 0 Å². The number of rotatable bonds is 6. The number of amides is 1. The summed E-state index contributed by atoms with van der Waals surface area (Å²) >= 11 is 0. The fourth-order valence-electron chi connectivity index (χ4n) is 8.91. The van der Waals surface area contributed by atoms with Crippen molar-refractivity contribution in [1.29, 1.82) is 0 Å². The fourth-order valence-corrected chi connectivity index (χ4v) is 8.91. The van der Waals surface area contributed by atoms with E-state index in [2.05, 4.69) is 20.7 Å². The molecule has 1 aromatic carbocycles. The summed E-state index contributed by atoms with van der Waals surface area (Å²) in [4.78, 5) is 30.7. The number of halogens is 1. The first-order valence-electron chi connectivity index (χ1n) is 16.3. The molecule has 3 saturated heterocycles. The smallest absolute Gasteiger partial charge is 0.318 e. The molecule has 2 unspecified atom stereocenters. The Morgan fingerprint density at radius 3 is 2.70 bits per heavy atom. The Morgan fingerprint density at radius 1 is 1.07 bits per heavy atom. The zero-order valence-electron chi connectivity index (χ0n) is 24.6. The number of nitrogens with one attached hydrogen (secondary N) is 2. The highest BCUT2D eigenvalue weighted by atomic mass is 19.1. The van der Waals surface area contributed by atoms with Crippen molar-refractivity contribution in [3.05, 3.63) is 34.3 Å². The van der Waals surface area contributed by atoms with E-state index in [1.54, 1.807) is 11.0 Å². The molecule has 11 heteroatoms. The molecule has 2 saturated carbocycles. The number of anilines is 3. The standard InChI is InChI=1S/C32H40FN7O3/c33-22-14-23-20(16-34-37-23)27(25(22)21-15-31(21)8-9-31)40-17-24-26(29(40)42)28(38-10-1-4-19(41)5-13-38)36-30(35-24)43-18-32-6-2-11-39(32)12-3-7-32/h14,19,21,34,37,41H,1-13,15-18H2. The van der Waals surface area contributed by atoms with Crippen LogP contribution in [-0.2, 0) is 13.1 Å². The normalized spacial score (nSPS) is 28.1. The highest BCUT2D eigenvalue weighted by molar-refractivity contribution is 6.13. The zero-order chi connectivity index (χ0) is 28.9. The average molecular weight is 590 g/mol. The van der Waals surface area contributed by atoms with Gasteiger partial charge in [-0.25, -0.2) is 9.82 Å². The average Bonchev–Trinajstić information content (AvgIpc) is 3.65. The summed E-state index contributed by atoms with van der Waals surface area (Å²) in [6.07, 6.45) is 9.68. The number of benzene rings is 1. The van der Waals surface area contributed by atoms with Gasteiger partial charge in [-0.2, -0.15) is 9.97 Å². The molecular weight excluding hydrogens is 549 g/mol. The molecule has 1 spiro atoms. The molecule has 2 atom stereocenters. The van der Waals surface area contributed by atoms with Gasteiger partial charge in [0.05, 0.1) is 35.3 Å². The molecule has 10 nitrogen and oxygen atoms in total. The molecule has 5 fully saturated rings. The maximum Gasteiger partial charge on any atom is 0.318 e. The van der Waals surface area contributed by atoms with Crippen molar-refractivity contribution in [2.24, 2.45) is 5.41 Å². The third kappa shape index (κ3) is 4.10. The molecule has 6 heterocycles. The number of fused-ring (bicyclic) bond motifs is 3. The van der Waals surface area contributed by atoms with Gasteiger partial charge in [-0.3, -0.25) is 9.69 Å². The van der Waals surface area contributed by atoms with Crippen LogP contribution in [0.4, 0.5) is 21.6 Å². The fraction of sp³-hybridized carbons (Fsp3) is 0.656. The summed E-state index contributed by atoms with van der Waals surface area (Å²) in [5, 5.41) is 10.4. The molecular formula is C32H40FN7O3. The van der Waals surface area contributed by atoms with E-state index in [1.807, 2.05) is 0 Å². The van der Waals surface area contributed by atoms with Crippen LogP contribution >= 0.6 is 0 Å². The minimum Gasteiger partial charge on any atom is -0.461 e. The highest BCUT2D eigenvalue weighted by Gasteiger charge is 2.64. The lowest BCUT2D eigenvalue weighted by atomic mass is 9.95. The summed E-state index contributed by atoms with van der Waals surface area (Å²) in [5.41, 5.74) is 10.7. The van der Waals surface area contributed by atoms with Crippen LogP contribution in [0.5, 0.6) is 6.01 Å². The number of hydrogen-bond acceptors (Lipinski definition) is 9. The van der Waals surface area contributed by atoms with E-state index in [0.29, 0.717) is 72.7 Å². The van der Waals surface area contributed by atoms with Gasteiger partial charge in [0.25, 0.3) is 5.91 Å². The van der Waals surface area contributed by atoms with Gasteiger partial charge in [0, 0.05) is 30.8 Å². The van der Waals surface area contributed by atoms with Crippen molar-refractivity contribution in [3.8, 4) is 6.01 Å². The third-order valence-electron chi connectivity index (χ3n) is 11.6. The molecule has 9 rings (SSSR count). The van der Waals surface area contributed by atoms with Gasteiger partial charge < -0.3 is 25.1 Å². The van der Waals surface area contributed by atoms with Crippen molar-refractivity contribution in [2.45, 2.75) is 94.9 Å². The molecule has 3 N–H and O–H groups in total. The van der Waals surface area contributed by atoms with E-state index in [0.717, 1.165) is 63.6 Å². The number of nitrogens with zero attached hydrogens (tertiary/aromatic N) is 5. The molecule has 7 aliphatic rings. The Kier molecular flexibility index (Phi) is 5.82. The van der Waals surface area contributed by atoms with Crippen LogP contribution in [0.15, 0.2) is 6.07 Å². The minimum atomic E-state index is -0.358. The Balaban J connectivity index is 1.11. The van der Waals surface area contributed by atoms with E-state index in [1.165, 1.54) is 12.8 Å². The van der Waals surface area contributed by atoms with Crippen LogP contribution in [0.3, 0.4) is 0 Å². The SMILES string of the molecule is O=C1c2c(nc(OCC34CCCN3CCC4)nc2N2CCCC(O)CC2)CN1c1c2c(cc(F)c1C1CC13CC3)NNC2. The second-order valence-corrected chi connectivity index (χ2v) is 14.1. The van der Waals surface area contributed by atoms with Gasteiger partial charge in [0.1, 0.15) is 23.8 Å². The van der Waals surface area contributed by atoms with Crippen LogP contribution in [0.25, 0.3) is 0 Å². The second kappa shape index (κ2) is 9.49. The predicted octanol–water partition coefficient (Wildman–Crippen LogP) is 3.83. The van der Waals surface area contributed by atoms with E-state index in [-0.39, 0.29) is 41.2 Å². The first kappa shape index (κ1) is 26.4. The summed E-state index contributed by atoms with van der Waals surface area (Å²) in [6, 6.07) is 1.90. The monoisotopic (exact) mass is 589 g/mol. The van der Waals surface area contributed by atoms with Crippen LogP contribution < -0.4 is 25.4 Å². The molecule has 5 aliphatic heterocycles. The van der Waals surface area contributed by atoms with Crippen molar-refractivity contribution in [1.82, 2.24) is 20.3 Å². The lowest BCUT2D eigenvalue weighted by Crippen LogP contribution is -2.43. The number of aliphatic hydroxyl groups excluding tert-OH is 1. The molecule has 228 valence electrons. The van der Waals surface area contributed by atoms with Crippen molar-refractivity contribution in [3.63, 3.8) is 0 Å². The van der Waals surface area contributed by atoms with E-state index >= 15 is 4.39 Å². The lowest BCUT2D eigenvalue weighted by molar-refractivity contribution is 0.0995. The summed E-state index contributed by atoms with van der Waals surface area (Å²) in [6.45, 7) is 4.86. The third-order valence-corrected chi connectivity index (χ3v) is 11.6. The molecule has 2 aromatic rings. The lowest BCUT2D eigenvalue weighted by Gasteiger charge is -2.31. The molecule has 1 amide bonds. The van der Waals surface area contributed by atoms with E-state index in [9.17, 15) is 9.90 Å². The summed E-state index contributed by atoms with van der Waals surface area (Å²) in [7, 11) is 0. The zero-order valence-corrected chi connectivity index (χ0v) is 24.6. The van der Waals surface area contributed by atoms with Crippen LogP contribution in [-0.4, -0.2) is 70.3 Å². The maximum atomic E-state index is 15.9. The number of aromatic nitrogens is 2. The van der Waals surface area contributed by atoms with Crippen LogP contribution in [0, 0.1) is 11.2 Å². The maximum absolute atomic E-state index is 15.9. The molecule has 1 aromatic heterocycles. The van der Waals surface area contributed by atoms with Crippen LogP contribution in [0.1, 0.15) is 97.3 Å². The molecule has 0 bridgehead atoms. The first-order chi connectivity index (χ1) is 20.9. The first-order valence-corrected chi connectivity index (χ1v) is 16.3. The van der Waals surface area contributed by atoms with Crippen molar-refractivity contribution in [2.75, 3.05) is 48.0 Å². The van der Waals surface area contributed by atoms with Gasteiger partial charge >= 0.3 is 6.01 Å². The van der Waals surface area contributed by atoms with E-state index in [4.69, 9.17) is 14.7 Å². The Hall–Kier alpha value is -3.02. The second-order valence-electron chi connectivity index (χ2n) is 14.1. The number of ether oxygens (including phenoxy) is 1. The summed E-state index contributed by atoms with van der Waals surface area (Å²) in [5.74, 6) is 0.326. The predicted molar refractivity (Wildman–Crippen MR) is 159 cm³/mol. The number of carbonyl (C=O) groups is 1. The Bertz CT molecular complexity index is 1500.